The summed E-state index contributed by atoms with van der Waals surface area (Å²) in [6.45, 7) is 4.60. The first-order chi connectivity index (χ1) is 19.8. The molecule has 0 radical (unpaired) electrons. The Morgan fingerprint density at radius 2 is 1.95 bits per heavy atom. The van der Waals surface area contributed by atoms with Crippen LogP contribution < -0.4 is 15.3 Å². The number of unbranched alkanes of at least 4 members (excludes halogenated alkanes) is 3. The molecule has 0 bridgehead atoms. The zero-order chi connectivity index (χ0) is 29.0. The molecule has 2 N–H and O–H groups in total. The minimum absolute atomic E-state index is 0.139. The molecule has 2 aliphatic rings. The predicted molar refractivity (Wildman–Crippen MR) is 150 cm³/mol. The highest BCUT2D eigenvalue weighted by molar-refractivity contribution is 7.18. The molecule has 1 amide bonds. The lowest BCUT2D eigenvalue weighted by atomic mass is 9.92. The number of alkyl halides is 3. The molecular weight excluding hydrogens is 557 g/mol. The van der Waals surface area contributed by atoms with Crippen molar-refractivity contribution < 1.29 is 23.2 Å². The number of halogens is 3. The number of thiophene rings is 1. The fraction of sp³-hybridized carbons (Fsp3) is 0.667. The minimum Gasteiger partial charge on any atom is -0.347 e. The van der Waals surface area contributed by atoms with E-state index in [1.807, 2.05) is 4.90 Å². The van der Waals surface area contributed by atoms with Gasteiger partial charge in [0.25, 0.3) is 0 Å². The molecule has 10 nitrogen and oxygen atoms in total. The molecule has 0 spiro atoms. The van der Waals surface area contributed by atoms with E-state index in [0.717, 1.165) is 86.9 Å². The Labute approximate surface area is 240 Å². The zero-order valence-electron chi connectivity index (χ0n) is 23.3. The molecule has 1 unspecified atom stereocenters. The second kappa shape index (κ2) is 12.9. The molecule has 0 saturated carbocycles. The summed E-state index contributed by atoms with van der Waals surface area (Å²) < 4.78 is 41.4. The molecule has 14 heteroatoms. The van der Waals surface area contributed by atoms with Crippen LogP contribution in [-0.2, 0) is 30.5 Å². The lowest BCUT2D eigenvalue weighted by Gasteiger charge is -2.34. The van der Waals surface area contributed by atoms with E-state index in [4.69, 9.17) is 15.2 Å². The summed E-state index contributed by atoms with van der Waals surface area (Å²) in [7, 11) is 0. The summed E-state index contributed by atoms with van der Waals surface area (Å²) in [5, 5.41) is 16.8. The van der Waals surface area contributed by atoms with Gasteiger partial charge >= 0.3 is 6.18 Å². The van der Waals surface area contributed by atoms with Gasteiger partial charge in [0.1, 0.15) is 10.6 Å². The molecule has 224 valence electrons. The largest absolute Gasteiger partial charge is 0.451 e. The number of aromatic nitrogens is 5. The van der Waals surface area contributed by atoms with Crippen LogP contribution in [0.5, 0.6) is 0 Å². The highest BCUT2D eigenvalue weighted by Gasteiger charge is 2.40. The van der Waals surface area contributed by atoms with Crippen molar-refractivity contribution in [1.82, 2.24) is 30.2 Å². The number of carbonyl (C=O) groups is 1. The first-order valence-electron chi connectivity index (χ1n) is 14.5. The van der Waals surface area contributed by atoms with Crippen LogP contribution in [0.2, 0.25) is 0 Å². The number of anilines is 2. The van der Waals surface area contributed by atoms with Crippen LogP contribution >= 0.6 is 11.3 Å². The van der Waals surface area contributed by atoms with Gasteiger partial charge in [-0.2, -0.15) is 18.2 Å². The van der Waals surface area contributed by atoms with E-state index < -0.39 is 12.0 Å². The number of amides is 1. The molecule has 1 atom stereocenters. The number of carbonyl (C=O) groups excluding carboxylic acids is 1. The van der Waals surface area contributed by atoms with Crippen LogP contribution in [0.15, 0.2) is 6.07 Å². The molecule has 1 saturated heterocycles. The van der Waals surface area contributed by atoms with Crippen molar-refractivity contribution in [2.75, 3.05) is 29.4 Å². The number of hydrogen-bond acceptors (Lipinski definition) is 9. The first kappa shape index (κ1) is 29.5. The van der Waals surface area contributed by atoms with Crippen molar-refractivity contribution in [3.63, 3.8) is 0 Å². The lowest BCUT2D eigenvalue weighted by Crippen LogP contribution is -2.38. The number of fused-ring (bicyclic) bond motifs is 2. The minimum atomic E-state index is -4.54. The van der Waals surface area contributed by atoms with Crippen LogP contribution in [0, 0.1) is 5.92 Å². The van der Waals surface area contributed by atoms with Gasteiger partial charge in [-0.3, -0.25) is 10.0 Å². The molecule has 5 heterocycles. The van der Waals surface area contributed by atoms with Crippen LogP contribution in [0.3, 0.4) is 0 Å². The van der Waals surface area contributed by atoms with Gasteiger partial charge in [0.05, 0.1) is 11.9 Å². The van der Waals surface area contributed by atoms with Gasteiger partial charge in [-0.05, 0) is 44.1 Å². The Morgan fingerprint density at radius 1 is 1.12 bits per heavy atom. The number of nitrogens with zero attached hydrogens (tertiary/aromatic N) is 7. The van der Waals surface area contributed by atoms with Gasteiger partial charge < -0.3 is 14.4 Å². The van der Waals surface area contributed by atoms with E-state index in [2.05, 4.69) is 28.1 Å². The third kappa shape index (κ3) is 6.91. The average molecular weight is 595 g/mol. The van der Waals surface area contributed by atoms with E-state index >= 15 is 0 Å². The molecule has 3 aromatic heterocycles. The highest BCUT2D eigenvalue weighted by atomic mass is 32.1. The Balaban J connectivity index is 1.31. The number of hydroxylamine groups is 1. The van der Waals surface area contributed by atoms with Crippen molar-refractivity contribution in [1.29, 1.82) is 0 Å². The van der Waals surface area contributed by atoms with Crippen LogP contribution in [0.4, 0.5) is 24.9 Å². The predicted octanol–water partition coefficient (Wildman–Crippen LogP) is 5.34. The second-order valence-electron chi connectivity index (χ2n) is 11.0. The molecule has 5 rings (SSSR count). The Bertz CT molecular complexity index is 1340. The Hall–Kier alpha value is -3.00. The van der Waals surface area contributed by atoms with Gasteiger partial charge in [-0.15, -0.1) is 21.5 Å². The normalized spacial score (nSPS) is 17.7. The smallest absolute Gasteiger partial charge is 0.347 e. The van der Waals surface area contributed by atoms with Gasteiger partial charge in [0.15, 0.2) is 5.82 Å². The Kier molecular flexibility index (Phi) is 9.27. The van der Waals surface area contributed by atoms with Crippen molar-refractivity contribution in [3.8, 4) is 0 Å². The van der Waals surface area contributed by atoms with Gasteiger partial charge in [-0.1, -0.05) is 32.6 Å². The number of aryl methyl sites for hydroxylation is 1. The number of nitrogens with one attached hydrogen (secondary N) is 1. The molecule has 41 heavy (non-hydrogen) atoms. The molecule has 0 aromatic carbocycles. The van der Waals surface area contributed by atoms with E-state index in [-0.39, 0.29) is 24.8 Å². The van der Waals surface area contributed by atoms with Crippen LogP contribution in [0.25, 0.3) is 10.2 Å². The maximum atomic E-state index is 13.4. The van der Waals surface area contributed by atoms with Gasteiger partial charge in [0, 0.05) is 37.5 Å². The van der Waals surface area contributed by atoms with Gasteiger partial charge in [-0.25, -0.2) is 10.5 Å². The van der Waals surface area contributed by atoms with Crippen molar-refractivity contribution >= 4 is 39.2 Å². The fourth-order valence-corrected chi connectivity index (χ4v) is 6.97. The molecule has 3 aromatic rings. The number of rotatable bonds is 11. The maximum absolute atomic E-state index is 13.4. The monoisotopic (exact) mass is 594 g/mol. The van der Waals surface area contributed by atoms with Gasteiger partial charge in [0.2, 0.25) is 17.7 Å². The molecule has 0 aliphatic carbocycles. The van der Waals surface area contributed by atoms with Crippen molar-refractivity contribution in [3.05, 3.63) is 22.6 Å². The number of piperidine rings is 1. The topological polar surface area (TPSA) is 112 Å². The van der Waals surface area contributed by atoms with E-state index in [9.17, 15) is 18.0 Å². The zero-order valence-corrected chi connectivity index (χ0v) is 24.1. The van der Waals surface area contributed by atoms with Crippen molar-refractivity contribution in [2.24, 2.45) is 5.92 Å². The standard InChI is InChI=1S/C27H37F3N8O2S/c1-2-8-19-15-20-23(36-13-14-38-21(17-36)33-34-25(38)27(28,29)30)31-26(32-24(20)41-19)37-12-7-10-18(16-37)9-5-3-4-6-11-22(39)35-40/h15,18,40H,2-14,16-17H2,1H3,(H,35,39). The average Bonchev–Trinajstić information content (AvgIpc) is 3.58. The summed E-state index contributed by atoms with van der Waals surface area (Å²) in [6.07, 6.45) is 4.93. The fourth-order valence-electron chi connectivity index (χ4n) is 5.86. The Morgan fingerprint density at radius 3 is 2.73 bits per heavy atom. The van der Waals surface area contributed by atoms with Crippen LogP contribution in [0.1, 0.15) is 81.2 Å². The molecular formula is C27H37F3N8O2S. The maximum Gasteiger partial charge on any atom is 0.451 e. The molecule has 1 fully saturated rings. The molecule has 2 aliphatic heterocycles. The van der Waals surface area contributed by atoms with E-state index in [1.165, 1.54) is 9.44 Å². The summed E-state index contributed by atoms with van der Waals surface area (Å²) in [5.74, 6) is 0.961. The highest BCUT2D eigenvalue weighted by Crippen LogP contribution is 2.37. The third-order valence-electron chi connectivity index (χ3n) is 7.91. The SMILES string of the molecule is CCCc1cc2c(N3CCn4c(nnc4C(F)(F)F)C3)nc(N3CCCC(CCCCCCC(=O)NO)C3)nc2s1. The summed E-state index contributed by atoms with van der Waals surface area (Å²) >= 11 is 1.67. The first-order valence-corrected chi connectivity index (χ1v) is 15.3. The van der Waals surface area contributed by atoms with E-state index in [0.29, 0.717) is 24.8 Å². The van der Waals surface area contributed by atoms with Crippen molar-refractivity contribution in [2.45, 2.75) is 90.4 Å². The quantitative estimate of drug-likeness (QED) is 0.174. The summed E-state index contributed by atoms with van der Waals surface area (Å²) in [5.41, 5.74) is 1.68. The van der Waals surface area contributed by atoms with E-state index in [1.54, 1.807) is 16.8 Å². The lowest BCUT2D eigenvalue weighted by molar-refractivity contribution is -0.147. The summed E-state index contributed by atoms with van der Waals surface area (Å²) in [4.78, 5) is 27.6. The number of hydrogen-bond donors (Lipinski definition) is 2. The second-order valence-corrected chi connectivity index (χ2v) is 12.1. The third-order valence-corrected chi connectivity index (χ3v) is 9.00. The van der Waals surface area contributed by atoms with Crippen LogP contribution in [-0.4, -0.2) is 55.5 Å². The summed E-state index contributed by atoms with van der Waals surface area (Å²) in [6, 6.07) is 2.13.